The number of anilines is 2. The Hall–Kier alpha value is -2.43. The van der Waals surface area contributed by atoms with Crippen molar-refractivity contribution in [2.24, 2.45) is 5.41 Å². The first-order valence-electron chi connectivity index (χ1n) is 12.9. The molecule has 2 fully saturated rings. The van der Waals surface area contributed by atoms with Crippen molar-refractivity contribution >= 4 is 34.3 Å². The van der Waals surface area contributed by atoms with Crippen LogP contribution in [0.25, 0.3) is 16.9 Å². The fourth-order valence-electron chi connectivity index (χ4n) is 4.74. The predicted octanol–water partition coefficient (Wildman–Crippen LogP) is 5.94. The molecule has 1 saturated carbocycles. The Bertz CT molecular complexity index is 1290. The summed E-state index contributed by atoms with van der Waals surface area (Å²) in [6.07, 6.45) is 7.05. The summed E-state index contributed by atoms with van der Waals surface area (Å²) < 4.78 is 35.5. The smallest absolute Gasteiger partial charge is 0.140 e. The summed E-state index contributed by atoms with van der Waals surface area (Å²) in [5.74, 6) is 0.464. The van der Waals surface area contributed by atoms with Gasteiger partial charge in [0.2, 0.25) is 0 Å². The SMILES string of the molecule is CCSNc1ccc(-n2cc(-c3ccc(F)c(S(=O)NC(C)(C)C)c3)nn2)c(N2CCC3(CC2)CC3)c1. The normalized spacial score (nSPS) is 17.7. The number of piperidine rings is 1. The minimum absolute atomic E-state index is 0.105. The number of nitrogens with zero attached hydrogens (tertiary/aromatic N) is 4. The highest BCUT2D eigenvalue weighted by atomic mass is 32.2. The fraction of sp³-hybridized carbons (Fsp3) is 0.481. The third-order valence-corrected chi connectivity index (χ3v) is 9.18. The highest BCUT2D eigenvalue weighted by Crippen LogP contribution is 2.54. The lowest BCUT2D eigenvalue weighted by Gasteiger charge is -2.35. The van der Waals surface area contributed by atoms with Crippen molar-refractivity contribution in [3.05, 3.63) is 48.4 Å². The molecule has 1 atom stereocenters. The van der Waals surface area contributed by atoms with Gasteiger partial charge in [0.15, 0.2) is 0 Å². The van der Waals surface area contributed by atoms with Gasteiger partial charge in [-0.3, -0.25) is 0 Å². The van der Waals surface area contributed by atoms with Crippen molar-refractivity contribution in [1.82, 2.24) is 19.7 Å². The van der Waals surface area contributed by atoms with E-state index in [-0.39, 0.29) is 4.90 Å². The molecule has 7 nitrogen and oxygen atoms in total. The molecule has 1 unspecified atom stereocenters. The van der Waals surface area contributed by atoms with Crippen molar-refractivity contribution < 1.29 is 8.60 Å². The van der Waals surface area contributed by atoms with E-state index in [9.17, 15) is 8.60 Å². The van der Waals surface area contributed by atoms with Crippen molar-refractivity contribution in [2.75, 3.05) is 28.5 Å². The quantitative estimate of drug-likeness (QED) is 0.343. The highest BCUT2D eigenvalue weighted by molar-refractivity contribution is 8.00. The first kappa shape index (κ1) is 26.2. The van der Waals surface area contributed by atoms with Crippen LogP contribution in [-0.2, 0) is 11.0 Å². The van der Waals surface area contributed by atoms with Crippen LogP contribution in [0.15, 0.2) is 47.5 Å². The van der Waals surface area contributed by atoms with Crippen LogP contribution in [-0.4, -0.2) is 43.6 Å². The van der Waals surface area contributed by atoms with Gasteiger partial charge in [-0.25, -0.2) is 18.0 Å². The molecule has 0 radical (unpaired) electrons. The molecule has 1 aliphatic carbocycles. The molecule has 5 rings (SSSR count). The molecular formula is C27H35FN6OS2. The van der Waals surface area contributed by atoms with E-state index in [2.05, 4.69) is 49.8 Å². The standard InChI is InChI=1S/C27H35FN6OS2/c1-5-36-30-20-7-9-23(24(17-20)33-14-12-27(10-11-27)13-15-33)34-18-22(29-32-34)19-6-8-21(28)25(16-19)37(35)31-26(2,3)4/h6-9,16-18,30-31H,5,10-15H2,1-4H3. The maximum absolute atomic E-state index is 14.5. The average Bonchev–Trinajstić information content (AvgIpc) is 3.43. The monoisotopic (exact) mass is 542 g/mol. The third-order valence-electron chi connectivity index (χ3n) is 7.00. The van der Waals surface area contributed by atoms with Crippen molar-refractivity contribution in [2.45, 2.75) is 63.8 Å². The molecule has 10 heteroatoms. The minimum atomic E-state index is -1.69. The number of benzene rings is 2. The molecule has 3 aromatic rings. The van der Waals surface area contributed by atoms with Crippen LogP contribution < -0.4 is 14.3 Å². The molecule has 1 aromatic heterocycles. The third kappa shape index (κ3) is 6.02. The van der Waals surface area contributed by atoms with Crippen LogP contribution in [0.1, 0.15) is 53.4 Å². The van der Waals surface area contributed by atoms with E-state index in [1.54, 1.807) is 28.8 Å². The van der Waals surface area contributed by atoms with E-state index in [0.29, 0.717) is 16.7 Å². The van der Waals surface area contributed by atoms with Crippen molar-refractivity contribution in [1.29, 1.82) is 0 Å². The van der Waals surface area contributed by atoms with E-state index >= 15 is 0 Å². The summed E-state index contributed by atoms with van der Waals surface area (Å²) in [5, 5.41) is 8.83. The van der Waals surface area contributed by atoms with Crippen LogP contribution in [0.5, 0.6) is 0 Å². The number of hydrogen-bond acceptors (Lipinski definition) is 6. The molecule has 2 N–H and O–H groups in total. The van der Waals surface area contributed by atoms with Crippen LogP contribution >= 0.6 is 11.9 Å². The first-order valence-corrected chi connectivity index (χ1v) is 15.0. The Kier molecular flexibility index (Phi) is 7.35. The van der Waals surface area contributed by atoms with Crippen LogP contribution in [0, 0.1) is 11.2 Å². The Balaban J connectivity index is 1.45. The van der Waals surface area contributed by atoms with Gasteiger partial charge in [0.1, 0.15) is 22.5 Å². The molecule has 1 saturated heterocycles. The maximum Gasteiger partial charge on any atom is 0.140 e. The number of nitrogens with one attached hydrogen (secondary N) is 2. The van der Waals surface area contributed by atoms with E-state index in [1.807, 2.05) is 27.0 Å². The topological polar surface area (TPSA) is 75.1 Å². The lowest BCUT2D eigenvalue weighted by Crippen LogP contribution is -2.37. The number of rotatable bonds is 8. The summed E-state index contributed by atoms with van der Waals surface area (Å²) in [7, 11) is -1.69. The van der Waals surface area contributed by atoms with Gasteiger partial charge in [-0.15, -0.1) is 5.10 Å². The van der Waals surface area contributed by atoms with Gasteiger partial charge < -0.3 is 9.62 Å². The fourth-order valence-corrected chi connectivity index (χ4v) is 6.32. The van der Waals surface area contributed by atoms with Crippen molar-refractivity contribution in [3.8, 4) is 16.9 Å². The van der Waals surface area contributed by atoms with Crippen LogP contribution in [0.2, 0.25) is 0 Å². The second-order valence-electron chi connectivity index (χ2n) is 11.0. The second kappa shape index (κ2) is 10.4. The van der Waals surface area contributed by atoms with E-state index < -0.39 is 22.3 Å². The summed E-state index contributed by atoms with van der Waals surface area (Å²) in [6.45, 7) is 9.87. The lowest BCUT2D eigenvalue weighted by molar-refractivity contribution is 0.384. The molecule has 198 valence electrons. The molecule has 0 amide bonds. The molecule has 1 aliphatic heterocycles. The highest BCUT2D eigenvalue weighted by Gasteiger charge is 2.44. The molecule has 2 aliphatic rings. The Morgan fingerprint density at radius 3 is 2.51 bits per heavy atom. The molecular weight excluding hydrogens is 507 g/mol. The van der Waals surface area contributed by atoms with Crippen molar-refractivity contribution in [3.63, 3.8) is 0 Å². The summed E-state index contributed by atoms with van der Waals surface area (Å²) >= 11 is 1.67. The van der Waals surface area contributed by atoms with Gasteiger partial charge in [0.25, 0.3) is 0 Å². The second-order valence-corrected chi connectivity index (χ2v) is 13.3. The largest absolute Gasteiger partial charge is 0.370 e. The Labute approximate surface area is 225 Å². The number of halogens is 1. The zero-order valence-corrected chi connectivity index (χ0v) is 23.5. The maximum atomic E-state index is 14.5. The average molecular weight is 543 g/mol. The van der Waals surface area contributed by atoms with Crippen LogP contribution in [0.4, 0.5) is 15.8 Å². The summed E-state index contributed by atoms with van der Waals surface area (Å²) in [4.78, 5) is 2.56. The zero-order valence-electron chi connectivity index (χ0n) is 21.9. The van der Waals surface area contributed by atoms with E-state index in [1.165, 1.54) is 31.7 Å². The predicted molar refractivity (Wildman–Crippen MR) is 151 cm³/mol. The Morgan fingerprint density at radius 1 is 1.08 bits per heavy atom. The number of hydrogen-bond donors (Lipinski definition) is 2. The molecule has 37 heavy (non-hydrogen) atoms. The van der Waals surface area contributed by atoms with Gasteiger partial charge in [-0.1, -0.05) is 24.1 Å². The Morgan fingerprint density at radius 2 is 1.84 bits per heavy atom. The van der Waals surface area contributed by atoms with Gasteiger partial charge >= 0.3 is 0 Å². The van der Waals surface area contributed by atoms with Gasteiger partial charge in [-0.05, 0) is 88.3 Å². The summed E-state index contributed by atoms with van der Waals surface area (Å²) in [6, 6.07) is 10.9. The van der Waals surface area contributed by atoms with Gasteiger partial charge in [0.05, 0.1) is 22.5 Å². The van der Waals surface area contributed by atoms with E-state index in [0.717, 1.165) is 35.9 Å². The summed E-state index contributed by atoms with van der Waals surface area (Å²) in [5.41, 5.74) is 4.58. The lowest BCUT2D eigenvalue weighted by atomic mass is 9.93. The minimum Gasteiger partial charge on any atom is -0.370 e. The first-order chi connectivity index (χ1) is 17.7. The van der Waals surface area contributed by atoms with Gasteiger partial charge in [-0.2, -0.15) is 0 Å². The van der Waals surface area contributed by atoms with Gasteiger partial charge in [0, 0.05) is 35.6 Å². The molecule has 2 heterocycles. The molecule has 0 bridgehead atoms. The van der Waals surface area contributed by atoms with E-state index in [4.69, 9.17) is 0 Å². The molecule has 1 spiro atoms. The molecule has 2 aromatic carbocycles. The number of aromatic nitrogens is 3. The zero-order chi connectivity index (χ0) is 26.2. The van der Waals surface area contributed by atoms with Crippen LogP contribution in [0.3, 0.4) is 0 Å².